The third-order valence-corrected chi connectivity index (χ3v) is 2.40. The maximum atomic E-state index is 5.88. The Morgan fingerprint density at radius 1 is 1.20 bits per heavy atom. The lowest BCUT2D eigenvalue weighted by Crippen LogP contribution is -1.99. The average Bonchev–Trinajstić information content (AvgIpc) is 2.20. The van der Waals surface area contributed by atoms with E-state index in [1.54, 1.807) is 18.2 Å². The monoisotopic (exact) mass is 248 g/mol. The highest BCUT2D eigenvalue weighted by molar-refractivity contribution is 6.35. The van der Waals surface area contributed by atoms with Crippen LogP contribution in [-0.2, 0) is 4.89 Å². The largest absolute Gasteiger partial charge is 0.336 e. The van der Waals surface area contributed by atoms with Crippen molar-refractivity contribution in [2.45, 2.75) is 26.2 Å². The predicted molar refractivity (Wildman–Crippen MR) is 62.6 cm³/mol. The number of benzene rings is 1. The topological polar surface area (TPSA) is 18.5 Å². The van der Waals surface area contributed by atoms with Gasteiger partial charge in [-0.25, -0.2) is 0 Å². The molecule has 15 heavy (non-hydrogen) atoms. The second-order valence-electron chi connectivity index (χ2n) is 3.19. The van der Waals surface area contributed by atoms with Crippen LogP contribution in [0.1, 0.15) is 26.2 Å². The van der Waals surface area contributed by atoms with Crippen LogP contribution in [0.2, 0.25) is 10.0 Å². The molecule has 0 heterocycles. The van der Waals surface area contributed by atoms with Crippen molar-refractivity contribution in [3.8, 4) is 5.75 Å². The summed E-state index contributed by atoms with van der Waals surface area (Å²) in [4.78, 5) is 10.1. The number of rotatable bonds is 6. The standard InChI is InChI=1S/C11H14Cl2O2/c1-2-3-4-7-14-15-11-6-5-9(12)8-10(11)13/h5-6,8H,2-4,7H2,1H3. The van der Waals surface area contributed by atoms with E-state index in [9.17, 15) is 0 Å². The van der Waals surface area contributed by atoms with Crippen LogP contribution in [0.15, 0.2) is 18.2 Å². The van der Waals surface area contributed by atoms with Gasteiger partial charge >= 0.3 is 0 Å². The molecule has 1 aromatic carbocycles. The Morgan fingerprint density at radius 3 is 2.67 bits per heavy atom. The summed E-state index contributed by atoms with van der Waals surface area (Å²) in [6, 6.07) is 5.01. The van der Waals surface area contributed by atoms with Crippen LogP contribution in [0.25, 0.3) is 0 Å². The zero-order valence-electron chi connectivity index (χ0n) is 8.63. The minimum Gasteiger partial charge on any atom is -0.336 e. The van der Waals surface area contributed by atoms with Crippen LogP contribution >= 0.6 is 23.2 Å². The molecule has 0 aromatic heterocycles. The highest BCUT2D eigenvalue weighted by Crippen LogP contribution is 2.27. The Bertz CT molecular complexity index is 303. The summed E-state index contributed by atoms with van der Waals surface area (Å²) < 4.78 is 0. The van der Waals surface area contributed by atoms with Gasteiger partial charge in [-0.1, -0.05) is 43.0 Å². The molecular formula is C11H14Cl2O2. The number of unbranched alkanes of at least 4 members (excludes halogenated alkanes) is 2. The molecule has 0 unspecified atom stereocenters. The molecule has 0 atom stereocenters. The van der Waals surface area contributed by atoms with Crippen molar-refractivity contribution in [1.29, 1.82) is 0 Å². The highest BCUT2D eigenvalue weighted by Gasteiger charge is 2.02. The molecular weight excluding hydrogens is 235 g/mol. The molecule has 0 spiro atoms. The zero-order chi connectivity index (χ0) is 11.1. The van der Waals surface area contributed by atoms with Gasteiger partial charge in [-0.2, -0.15) is 4.89 Å². The summed E-state index contributed by atoms with van der Waals surface area (Å²) in [7, 11) is 0. The molecule has 0 aliphatic carbocycles. The summed E-state index contributed by atoms with van der Waals surface area (Å²) in [5.41, 5.74) is 0. The van der Waals surface area contributed by atoms with Crippen molar-refractivity contribution in [3.63, 3.8) is 0 Å². The van der Waals surface area contributed by atoms with Crippen LogP contribution in [0.5, 0.6) is 5.75 Å². The van der Waals surface area contributed by atoms with E-state index in [0.717, 1.165) is 19.3 Å². The van der Waals surface area contributed by atoms with Gasteiger partial charge in [0.1, 0.15) is 0 Å². The zero-order valence-corrected chi connectivity index (χ0v) is 10.1. The third kappa shape index (κ3) is 4.74. The predicted octanol–water partition coefficient (Wildman–Crippen LogP) is 4.49. The van der Waals surface area contributed by atoms with Gasteiger partial charge in [0, 0.05) is 5.02 Å². The average molecular weight is 249 g/mol. The summed E-state index contributed by atoms with van der Waals surface area (Å²) in [5.74, 6) is 0.498. The maximum absolute atomic E-state index is 5.88. The lowest BCUT2D eigenvalue weighted by atomic mass is 10.3. The molecule has 2 nitrogen and oxygen atoms in total. The van der Waals surface area contributed by atoms with Gasteiger partial charge < -0.3 is 4.89 Å². The quantitative estimate of drug-likeness (QED) is 0.420. The fraction of sp³-hybridized carbons (Fsp3) is 0.455. The van der Waals surface area contributed by atoms with Crippen LogP contribution in [-0.4, -0.2) is 6.61 Å². The normalized spacial score (nSPS) is 10.3. The van der Waals surface area contributed by atoms with E-state index >= 15 is 0 Å². The highest BCUT2D eigenvalue weighted by atomic mass is 35.5. The Morgan fingerprint density at radius 2 is 2.00 bits per heavy atom. The molecule has 0 aliphatic rings. The molecule has 0 saturated heterocycles. The minimum absolute atomic E-state index is 0.456. The van der Waals surface area contributed by atoms with Crippen LogP contribution < -0.4 is 4.89 Å². The molecule has 84 valence electrons. The van der Waals surface area contributed by atoms with E-state index in [-0.39, 0.29) is 0 Å². The van der Waals surface area contributed by atoms with E-state index in [1.165, 1.54) is 0 Å². The van der Waals surface area contributed by atoms with Crippen LogP contribution in [0.3, 0.4) is 0 Å². The Kier molecular flexibility index (Phi) is 5.84. The van der Waals surface area contributed by atoms with Gasteiger partial charge in [-0.05, 0) is 24.6 Å². The summed E-state index contributed by atoms with van der Waals surface area (Å²) in [5, 5.41) is 1.04. The Balaban J connectivity index is 2.31. The fourth-order valence-corrected chi connectivity index (χ4v) is 1.50. The number of halogens is 2. The van der Waals surface area contributed by atoms with E-state index in [4.69, 9.17) is 33.0 Å². The second-order valence-corrected chi connectivity index (χ2v) is 4.03. The first kappa shape index (κ1) is 12.6. The molecule has 0 N–H and O–H groups in total. The maximum Gasteiger partial charge on any atom is 0.184 e. The number of hydrogen-bond acceptors (Lipinski definition) is 2. The summed E-state index contributed by atoms with van der Waals surface area (Å²) in [6.45, 7) is 2.71. The molecule has 0 bridgehead atoms. The molecule has 0 aliphatic heterocycles. The molecule has 1 aromatic rings. The third-order valence-electron chi connectivity index (χ3n) is 1.87. The first-order chi connectivity index (χ1) is 7.24. The van der Waals surface area contributed by atoms with Gasteiger partial charge in [-0.3, -0.25) is 0 Å². The van der Waals surface area contributed by atoms with Gasteiger partial charge in [0.15, 0.2) is 5.75 Å². The van der Waals surface area contributed by atoms with Crippen LogP contribution in [0.4, 0.5) is 0 Å². The van der Waals surface area contributed by atoms with Gasteiger partial charge in [0.2, 0.25) is 0 Å². The van der Waals surface area contributed by atoms with E-state index in [1.807, 2.05) is 0 Å². The van der Waals surface area contributed by atoms with Gasteiger partial charge in [0.25, 0.3) is 0 Å². The number of hydrogen-bond donors (Lipinski definition) is 0. The van der Waals surface area contributed by atoms with Gasteiger partial charge in [0.05, 0.1) is 11.6 Å². The molecule has 0 saturated carbocycles. The molecule has 0 radical (unpaired) electrons. The summed E-state index contributed by atoms with van der Waals surface area (Å²) >= 11 is 11.6. The minimum atomic E-state index is 0.456. The van der Waals surface area contributed by atoms with Crippen molar-refractivity contribution < 1.29 is 9.78 Å². The van der Waals surface area contributed by atoms with Crippen molar-refractivity contribution in [1.82, 2.24) is 0 Å². The Labute approximate surface area is 100 Å². The second kappa shape index (κ2) is 6.94. The van der Waals surface area contributed by atoms with E-state index in [0.29, 0.717) is 22.4 Å². The van der Waals surface area contributed by atoms with Crippen LogP contribution in [0, 0.1) is 0 Å². The lowest BCUT2D eigenvalue weighted by molar-refractivity contribution is -0.207. The SMILES string of the molecule is CCCCCOOc1ccc(Cl)cc1Cl. The molecule has 0 fully saturated rings. The molecule has 4 heteroatoms. The van der Waals surface area contributed by atoms with Crippen molar-refractivity contribution >= 4 is 23.2 Å². The first-order valence-corrected chi connectivity index (χ1v) is 5.74. The van der Waals surface area contributed by atoms with Gasteiger partial charge in [-0.15, -0.1) is 0 Å². The molecule has 1 rings (SSSR count). The van der Waals surface area contributed by atoms with Crippen molar-refractivity contribution in [3.05, 3.63) is 28.2 Å². The molecule has 0 amide bonds. The van der Waals surface area contributed by atoms with E-state index in [2.05, 4.69) is 6.92 Å². The fourth-order valence-electron chi connectivity index (χ4n) is 1.06. The first-order valence-electron chi connectivity index (χ1n) is 4.98. The lowest BCUT2D eigenvalue weighted by Gasteiger charge is -2.06. The van der Waals surface area contributed by atoms with Crippen molar-refractivity contribution in [2.75, 3.05) is 6.61 Å². The smallest absolute Gasteiger partial charge is 0.184 e. The van der Waals surface area contributed by atoms with Crippen molar-refractivity contribution in [2.24, 2.45) is 0 Å². The Hall–Kier alpha value is -0.440. The summed E-state index contributed by atoms with van der Waals surface area (Å²) in [6.07, 6.45) is 3.28. The van der Waals surface area contributed by atoms with E-state index < -0.39 is 0 Å².